The number of hydrogen-bond donors (Lipinski definition) is 3. The van der Waals surface area contributed by atoms with Gasteiger partial charge in [-0.05, 0) is 30.7 Å². The third kappa shape index (κ3) is 2.63. The Bertz CT molecular complexity index is 542. The van der Waals surface area contributed by atoms with Crippen LogP contribution in [0.4, 0.5) is 0 Å². The highest BCUT2D eigenvalue weighted by Gasteiger charge is 2.36. The number of benzene rings is 1. The van der Waals surface area contributed by atoms with Crippen LogP contribution in [0.2, 0.25) is 0 Å². The Balaban J connectivity index is 1.49. The van der Waals surface area contributed by atoms with E-state index in [2.05, 4.69) is 33.5 Å². The van der Waals surface area contributed by atoms with Crippen molar-refractivity contribution in [2.24, 2.45) is 11.1 Å². The summed E-state index contributed by atoms with van der Waals surface area (Å²) < 4.78 is 5.25. The highest BCUT2D eigenvalue weighted by Crippen LogP contribution is 2.24. The van der Waals surface area contributed by atoms with Crippen LogP contribution in [-0.2, 0) is 11.2 Å². The fourth-order valence-electron chi connectivity index (χ4n) is 2.41. The van der Waals surface area contributed by atoms with Gasteiger partial charge in [0.25, 0.3) is 0 Å². The van der Waals surface area contributed by atoms with E-state index in [-0.39, 0.29) is 5.41 Å². The zero-order chi connectivity index (χ0) is 13.1. The lowest BCUT2D eigenvalue weighted by Crippen LogP contribution is -2.54. The lowest BCUT2D eigenvalue weighted by molar-refractivity contribution is -0.104. The normalized spacial score (nSPS) is 17.5. The average Bonchev–Trinajstić information content (AvgIpc) is 2.84. The van der Waals surface area contributed by atoms with E-state index in [1.165, 1.54) is 5.56 Å². The molecular weight excluding hydrogens is 240 g/mol. The van der Waals surface area contributed by atoms with Crippen molar-refractivity contribution >= 4 is 11.0 Å². The smallest absolute Gasteiger partial charge is 0.0931 e. The fourth-order valence-corrected chi connectivity index (χ4v) is 2.41. The monoisotopic (exact) mass is 260 g/mol. The lowest BCUT2D eigenvalue weighted by Gasteiger charge is -2.40. The van der Waals surface area contributed by atoms with Crippen LogP contribution in [0.25, 0.3) is 11.0 Å². The van der Waals surface area contributed by atoms with Crippen molar-refractivity contribution in [3.8, 4) is 0 Å². The number of fused-ring (bicyclic) bond motifs is 1. The minimum atomic E-state index is 0.174. The minimum absolute atomic E-state index is 0.174. The van der Waals surface area contributed by atoms with E-state index >= 15 is 0 Å². The number of nitrogens with one attached hydrogen (secondary N) is 2. The number of imidazole rings is 1. The summed E-state index contributed by atoms with van der Waals surface area (Å²) in [7, 11) is 0. The quantitative estimate of drug-likeness (QED) is 0.667. The van der Waals surface area contributed by atoms with Crippen LogP contribution < -0.4 is 11.1 Å². The Morgan fingerprint density at radius 1 is 1.42 bits per heavy atom. The molecule has 3 rings (SSSR count). The zero-order valence-corrected chi connectivity index (χ0v) is 11.0. The van der Waals surface area contributed by atoms with Gasteiger partial charge < -0.3 is 20.8 Å². The predicted molar refractivity (Wildman–Crippen MR) is 75.0 cm³/mol. The topological polar surface area (TPSA) is 76.0 Å². The molecule has 2 heterocycles. The highest BCUT2D eigenvalue weighted by molar-refractivity contribution is 5.75. The van der Waals surface area contributed by atoms with Gasteiger partial charge in [-0.3, -0.25) is 0 Å². The van der Waals surface area contributed by atoms with Crippen molar-refractivity contribution < 1.29 is 4.74 Å². The van der Waals surface area contributed by atoms with Gasteiger partial charge in [0, 0.05) is 18.5 Å². The highest BCUT2D eigenvalue weighted by atomic mass is 16.5. The zero-order valence-electron chi connectivity index (χ0n) is 11.0. The Morgan fingerprint density at radius 2 is 2.32 bits per heavy atom. The largest absolute Gasteiger partial charge is 0.380 e. The maximum atomic E-state index is 5.78. The molecule has 5 heteroatoms. The van der Waals surface area contributed by atoms with Crippen LogP contribution in [0.3, 0.4) is 0 Å². The number of ether oxygens (including phenoxy) is 1. The Morgan fingerprint density at radius 3 is 3.05 bits per heavy atom. The van der Waals surface area contributed by atoms with Gasteiger partial charge in [-0.25, -0.2) is 4.98 Å². The Hall–Kier alpha value is -1.43. The second-order valence-electron chi connectivity index (χ2n) is 5.38. The standard InChI is InChI=1S/C14H20N4O/c15-6-14(8-19-9-14)7-16-4-3-11-1-2-12-13(5-11)18-10-17-12/h1-2,5,10,16H,3-4,6-9,15H2,(H,17,18). The predicted octanol–water partition coefficient (Wildman–Crippen LogP) is 0.670. The third-order valence-electron chi connectivity index (χ3n) is 3.82. The summed E-state index contributed by atoms with van der Waals surface area (Å²) in [6.07, 6.45) is 2.74. The van der Waals surface area contributed by atoms with E-state index in [0.717, 1.165) is 43.8 Å². The van der Waals surface area contributed by atoms with Crippen molar-refractivity contribution in [2.75, 3.05) is 32.8 Å². The summed E-state index contributed by atoms with van der Waals surface area (Å²) in [6, 6.07) is 6.35. The van der Waals surface area contributed by atoms with E-state index in [1.54, 1.807) is 6.33 Å². The van der Waals surface area contributed by atoms with Gasteiger partial charge in [0.1, 0.15) is 0 Å². The summed E-state index contributed by atoms with van der Waals surface area (Å²) >= 11 is 0. The second kappa shape index (κ2) is 5.28. The Labute approximate surface area is 112 Å². The number of H-pyrrole nitrogens is 1. The second-order valence-corrected chi connectivity index (χ2v) is 5.38. The Kier molecular flexibility index (Phi) is 3.50. The SMILES string of the molecule is NCC1(CNCCc2ccc3nc[nH]c3c2)COC1. The number of nitrogens with zero attached hydrogens (tertiary/aromatic N) is 1. The van der Waals surface area contributed by atoms with Crippen LogP contribution in [-0.4, -0.2) is 42.8 Å². The molecule has 0 bridgehead atoms. The van der Waals surface area contributed by atoms with Gasteiger partial charge in [-0.15, -0.1) is 0 Å². The van der Waals surface area contributed by atoms with Crippen molar-refractivity contribution in [3.05, 3.63) is 30.1 Å². The summed E-state index contributed by atoms with van der Waals surface area (Å²) in [4.78, 5) is 7.36. The van der Waals surface area contributed by atoms with Gasteiger partial charge in [0.15, 0.2) is 0 Å². The number of rotatable bonds is 6. The van der Waals surface area contributed by atoms with E-state index in [1.807, 2.05) is 0 Å². The number of nitrogens with two attached hydrogens (primary N) is 1. The molecule has 1 fully saturated rings. The molecule has 0 radical (unpaired) electrons. The van der Waals surface area contributed by atoms with Crippen LogP contribution in [0.15, 0.2) is 24.5 Å². The van der Waals surface area contributed by atoms with E-state index in [0.29, 0.717) is 6.54 Å². The first-order valence-electron chi connectivity index (χ1n) is 6.72. The molecule has 0 spiro atoms. The van der Waals surface area contributed by atoms with Crippen molar-refractivity contribution in [2.45, 2.75) is 6.42 Å². The number of hydrogen-bond acceptors (Lipinski definition) is 4. The maximum absolute atomic E-state index is 5.78. The summed E-state index contributed by atoms with van der Waals surface area (Å²) in [5.74, 6) is 0. The molecule has 1 aromatic heterocycles. The van der Waals surface area contributed by atoms with Crippen molar-refractivity contribution in [3.63, 3.8) is 0 Å². The molecule has 0 atom stereocenters. The summed E-state index contributed by atoms with van der Waals surface area (Å²) in [6.45, 7) is 4.17. The molecular formula is C14H20N4O. The molecule has 19 heavy (non-hydrogen) atoms. The summed E-state index contributed by atoms with van der Waals surface area (Å²) in [5.41, 5.74) is 9.39. The number of aromatic amines is 1. The fraction of sp³-hybridized carbons (Fsp3) is 0.500. The molecule has 1 aliphatic rings. The van der Waals surface area contributed by atoms with Gasteiger partial charge in [0.05, 0.1) is 30.6 Å². The molecule has 0 amide bonds. The molecule has 1 saturated heterocycles. The van der Waals surface area contributed by atoms with Crippen LogP contribution in [0, 0.1) is 5.41 Å². The van der Waals surface area contributed by atoms with Gasteiger partial charge in [0.2, 0.25) is 0 Å². The van der Waals surface area contributed by atoms with Crippen molar-refractivity contribution in [1.82, 2.24) is 15.3 Å². The first-order valence-corrected chi connectivity index (χ1v) is 6.72. The van der Waals surface area contributed by atoms with Gasteiger partial charge >= 0.3 is 0 Å². The molecule has 2 aromatic rings. The first kappa shape index (κ1) is 12.6. The van der Waals surface area contributed by atoms with Gasteiger partial charge in [-0.2, -0.15) is 0 Å². The lowest BCUT2D eigenvalue weighted by atomic mass is 9.86. The molecule has 0 unspecified atom stereocenters. The molecule has 5 nitrogen and oxygen atoms in total. The van der Waals surface area contributed by atoms with E-state index in [4.69, 9.17) is 10.5 Å². The molecule has 0 aliphatic carbocycles. The van der Waals surface area contributed by atoms with Crippen LogP contribution in [0.1, 0.15) is 5.56 Å². The maximum Gasteiger partial charge on any atom is 0.0931 e. The molecule has 4 N–H and O–H groups in total. The molecule has 0 saturated carbocycles. The number of aromatic nitrogens is 2. The van der Waals surface area contributed by atoms with Crippen LogP contribution >= 0.6 is 0 Å². The minimum Gasteiger partial charge on any atom is -0.380 e. The molecule has 1 aliphatic heterocycles. The van der Waals surface area contributed by atoms with Crippen LogP contribution in [0.5, 0.6) is 0 Å². The average molecular weight is 260 g/mol. The summed E-state index contributed by atoms with van der Waals surface area (Å²) in [5, 5.41) is 3.48. The van der Waals surface area contributed by atoms with Crippen molar-refractivity contribution in [1.29, 1.82) is 0 Å². The van der Waals surface area contributed by atoms with Gasteiger partial charge in [-0.1, -0.05) is 6.07 Å². The van der Waals surface area contributed by atoms with E-state index in [9.17, 15) is 0 Å². The third-order valence-corrected chi connectivity index (χ3v) is 3.82. The molecule has 1 aromatic carbocycles. The van der Waals surface area contributed by atoms with E-state index < -0.39 is 0 Å². The molecule has 102 valence electrons. The first-order chi connectivity index (χ1) is 9.31.